The number of aromatic nitrogens is 1. The third kappa shape index (κ3) is 2.76. The number of hydrogen-bond acceptors (Lipinski definition) is 4. The molecule has 0 saturated carbocycles. The Morgan fingerprint density at radius 1 is 1.16 bits per heavy atom. The van der Waals surface area contributed by atoms with Crippen molar-refractivity contribution in [3.8, 4) is 0 Å². The number of hydrogen-bond donors (Lipinski definition) is 1. The van der Waals surface area contributed by atoms with E-state index in [0.29, 0.717) is 16.9 Å². The van der Waals surface area contributed by atoms with Gasteiger partial charge in [-0.15, -0.1) is 0 Å². The summed E-state index contributed by atoms with van der Waals surface area (Å²) in [7, 11) is -3.43. The highest BCUT2D eigenvalue weighted by Crippen LogP contribution is 2.24. The lowest BCUT2D eigenvalue weighted by Gasteiger charge is -2.10. The molecule has 1 aromatic carbocycles. The van der Waals surface area contributed by atoms with Crippen LogP contribution in [0.15, 0.2) is 41.4 Å². The van der Waals surface area contributed by atoms with Crippen molar-refractivity contribution < 1.29 is 8.42 Å². The third-order valence-corrected chi connectivity index (χ3v) is 4.87. The summed E-state index contributed by atoms with van der Waals surface area (Å²) in [5.41, 5.74) is 8.28. The van der Waals surface area contributed by atoms with E-state index in [0.717, 1.165) is 5.56 Å². The van der Waals surface area contributed by atoms with Gasteiger partial charge in [-0.25, -0.2) is 8.42 Å². The second kappa shape index (κ2) is 5.01. The summed E-state index contributed by atoms with van der Waals surface area (Å²) in [5.74, 6) is -0.107. The highest BCUT2D eigenvalue weighted by atomic mass is 32.2. The van der Waals surface area contributed by atoms with Gasteiger partial charge >= 0.3 is 0 Å². The van der Waals surface area contributed by atoms with Crippen molar-refractivity contribution in [2.75, 3.05) is 5.73 Å². The van der Waals surface area contributed by atoms with Crippen molar-refractivity contribution >= 4 is 15.5 Å². The Morgan fingerprint density at radius 3 is 2.58 bits per heavy atom. The van der Waals surface area contributed by atoms with Gasteiger partial charge in [-0.3, -0.25) is 4.98 Å². The van der Waals surface area contributed by atoms with Crippen LogP contribution in [0.1, 0.15) is 16.8 Å². The maximum atomic E-state index is 12.4. The number of sulfone groups is 1. The molecule has 1 heterocycles. The maximum absolute atomic E-state index is 12.4. The predicted octanol–water partition coefficient (Wildman–Crippen LogP) is 2.25. The Kier molecular flexibility index (Phi) is 3.57. The Morgan fingerprint density at radius 2 is 1.89 bits per heavy atom. The van der Waals surface area contributed by atoms with Crippen LogP contribution >= 0.6 is 0 Å². The molecule has 1 aromatic heterocycles. The van der Waals surface area contributed by atoms with Crippen molar-refractivity contribution in [3.63, 3.8) is 0 Å². The number of nitrogen functional groups attached to an aromatic ring is 1. The lowest BCUT2D eigenvalue weighted by molar-refractivity contribution is 0.594. The summed E-state index contributed by atoms with van der Waals surface area (Å²) in [6.07, 6.45) is 1.60. The van der Waals surface area contributed by atoms with E-state index in [-0.39, 0.29) is 10.6 Å². The summed E-state index contributed by atoms with van der Waals surface area (Å²) in [5, 5.41) is 0. The molecule has 0 unspecified atom stereocenters. The van der Waals surface area contributed by atoms with Crippen molar-refractivity contribution in [3.05, 3.63) is 53.3 Å². The smallest absolute Gasteiger partial charge is 0.184 e. The molecule has 0 spiro atoms. The van der Waals surface area contributed by atoms with Gasteiger partial charge in [-0.2, -0.15) is 0 Å². The second-order valence-corrected chi connectivity index (χ2v) is 6.45. The third-order valence-electron chi connectivity index (χ3n) is 3.11. The number of nitrogens with zero attached hydrogens (tertiary/aromatic N) is 1. The summed E-state index contributed by atoms with van der Waals surface area (Å²) < 4.78 is 24.9. The zero-order valence-corrected chi connectivity index (χ0v) is 11.7. The zero-order valence-electron chi connectivity index (χ0n) is 10.9. The van der Waals surface area contributed by atoms with Gasteiger partial charge in [0.05, 0.1) is 16.3 Å². The van der Waals surface area contributed by atoms with Crippen molar-refractivity contribution in [2.45, 2.75) is 24.5 Å². The molecule has 0 aliphatic rings. The van der Waals surface area contributed by atoms with E-state index in [1.54, 1.807) is 37.4 Å². The van der Waals surface area contributed by atoms with Gasteiger partial charge in [0, 0.05) is 11.9 Å². The van der Waals surface area contributed by atoms with E-state index in [9.17, 15) is 8.42 Å². The van der Waals surface area contributed by atoms with E-state index < -0.39 is 9.84 Å². The van der Waals surface area contributed by atoms with Crippen LogP contribution in [0.5, 0.6) is 0 Å². The molecule has 0 bridgehead atoms. The Labute approximate surface area is 113 Å². The van der Waals surface area contributed by atoms with Gasteiger partial charge in [0.1, 0.15) is 0 Å². The quantitative estimate of drug-likeness (QED) is 0.873. The number of aryl methyl sites for hydroxylation is 1. The van der Waals surface area contributed by atoms with Crippen LogP contribution in [-0.4, -0.2) is 13.4 Å². The fourth-order valence-corrected chi connectivity index (χ4v) is 3.58. The molecule has 19 heavy (non-hydrogen) atoms. The van der Waals surface area contributed by atoms with Crippen LogP contribution < -0.4 is 5.73 Å². The molecule has 0 atom stereocenters. The van der Waals surface area contributed by atoms with E-state index in [1.807, 2.05) is 13.0 Å². The molecule has 100 valence electrons. The minimum atomic E-state index is -3.43. The topological polar surface area (TPSA) is 73.0 Å². The molecule has 2 N–H and O–H groups in total. The minimum absolute atomic E-state index is 0.107. The monoisotopic (exact) mass is 276 g/mol. The van der Waals surface area contributed by atoms with E-state index in [4.69, 9.17) is 5.73 Å². The van der Waals surface area contributed by atoms with Crippen LogP contribution in [-0.2, 0) is 15.6 Å². The fourth-order valence-electron chi connectivity index (χ4n) is 1.90. The first-order valence-electron chi connectivity index (χ1n) is 5.90. The first kappa shape index (κ1) is 13.5. The number of pyridine rings is 1. The Bertz CT molecular complexity index is 709. The van der Waals surface area contributed by atoms with Crippen molar-refractivity contribution in [2.24, 2.45) is 0 Å². The molecule has 0 fully saturated rings. The molecule has 0 radical (unpaired) electrons. The van der Waals surface area contributed by atoms with Crippen LogP contribution in [0.2, 0.25) is 0 Å². The van der Waals surface area contributed by atoms with Crippen molar-refractivity contribution in [1.29, 1.82) is 0 Å². The summed E-state index contributed by atoms with van der Waals surface area (Å²) in [4.78, 5) is 4.41. The molecule has 0 aliphatic carbocycles. The van der Waals surface area contributed by atoms with Gasteiger partial charge in [0.2, 0.25) is 0 Å². The maximum Gasteiger partial charge on any atom is 0.184 e. The van der Waals surface area contributed by atoms with Gasteiger partial charge in [0.25, 0.3) is 0 Å². The number of nitrogens with two attached hydrogens (primary N) is 1. The Hall–Kier alpha value is -1.88. The standard InChI is InChI=1S/C14H16N2O2S/c1-10-5-4-8-16-13(10)9-19(17,18)14-7-3-6-12(15)11(14)2/h3-8H,9,15H2,1-2H3. The van der Waals surface area contributed by atoms with Gasteiger partial charge < -0.3 is 5.73 Å². The average Bonchev–Trinajstić information content (AvgIpc) is 2.35. The summed E-state index contributed by atoms with van der Waals surface area (Å²) in [6, 6.07) is 8.57. The van der Waals surface area contributed by atoms with E-state index in [2.05, 4.69) is 4.98 Å². The van der Waals surface area contributed by atoms with Crippen LogP contribution in [0.25, 0.3) is 0 Å². The minimum Gasteiger partial charge on any atom is -0.398 e. The lowest BCUT2D eigenvalue weighted by atomic mass is 10.2. The molecule has 4 nitrogen and oxygen atoms in total. The fraction of sp³-hybridized carbons (Fsp3) is 0.214. The highest BCUT2D eigenvalue weighted by Gasteiger charge is 2.20. The molecule has 2 rings (SSSR count). The van der Waals surface area contributed by atoms with E-state index in [1.165, 1.54) is 0 Å². The summed E-state index contributed by atoms with van der Waals surface area (Å²) in [6.45, 7) is 3.57. The molecular formula is C14H16N2O2S. The average molecular weight is 276 g/mol. The summed E-state index contributed by atoms with van der Waals surface area (Å²) >= 11 is 0. The molecular weight excluding hydrogens is 260 g/mol. The SMILES string of the molecule is Cc1cccnc1CS(=O)(=O)c1cccc(N)c1C. The molecule has 2 aromatic rings. The van der Waals surface area contributed by atoms with Crippen LogP contribution in [0.3, 0.4) is 0 Å². The zero-order chi connectivity index (χ0) is 14.0. The van der Waals surface area contributed by atoms with Gasteiger partial charge in [0.15, 0.2) is 9.84 Å². The van der Waals surface area contributed by atoms with Crippen LogP contribution in [0.4, 0.5) is 5.69 Å². The largest absolute Gasteiger partial charge is 0.398 e. The molecule has 0 amide bonds. The lowest BCUT2D eigenvalue weighted by Crippen LogP contribution is -2.10. The predicted molar refractivity (Wildman–Crippen MR) is 75.5 cm³/mol. The highest BCUT2D eigenvalue weighted by molar-refractivity contribution is 7.90. The first-order chi connectivity index (χ1) is 8.92. The van der Waals surface area contributed by atoms with Crippen molar-refractivity contribution in [1.82, 2.24) is 4.98 Å². The molecule has 0 aliphatic heterocycles. The number of rotatable bonds is 3. The number of benzene rings is 1. The molecule has 5 heteroatoms. The van der Waals surface area contributed by atoms with Gasteiger partial charge in [-0.1, -0.05) is 12.1 Å². The van der Waals surface area contributed by atoms with Gasteiger partial charge in [-0.05, 0) is 43.2 Å². The van der Waals surface area contributed by atoms with Crippen LogP contribution in [0, 0.1) is 13.8 Å². The second-order valence-electron chi connectivity index (χ2n) is 4.50. The van der Waals surface area contributed by atoms with E-state index >= 15 is 0 Å². The number of anilines is 1. The normalized spacial score (nSPS) is 11.5. The first-order valence-corrected chi connectivity index (χ1v) is 7.55. The molecule has 0 saturated heterocycles. The Balaban J connectivity index is 2.44.